The molecule has 41 heavy (non-hydrogen) atoms. The van der Waals surface area contributed by atoms with E-state index in [1.165, 1.54) is 33.0 Å². The SMILES string of the molecule is C[C@H](c1ccc(F)cc1F)N1CC2N(C(=O)CN(C)N2C(=O)CCc2ccccc2)[C@@H](Cc2ccc(O)cc2)C1=O. The largest absolute Gasteiger partial charge is 0.508 e. The standard InChI is InChI=1S/C31H32F2N4O4/c1-20(25-14-11-23(32)17-26(25)33)35-18-28-36(27(31(35)41)16-22-8-12-24(38)13-9-22)30(40)19-34(2)37(28)29(39)15-10-21-6-4-3-5-7-21/h3-9,11-14,17,20,27-28,38H,10,15-16,18-19H2,1-2H3/t20-,27+,28?/m1/s1. The first-order chi connectivity index (χ1) is 19.6. The van der Waals surface area contributed by atoms with Gasteiger partial charge in [0.05, 0.1) is 19.1 Å². The van der Waals surface area contributed by atoms with E-state index >= 15 is 0 Å². The molecule has 0 bridgehead atoms. The van der Waals surface area contributed by atoms with Crippen molar-refractivity contribution in [1.82, 2.24) is 19.8 Å². The molecule has 8 nitrogen and oxygen atoms in total. The van der Waals surface area contributed by atoms with Crippen LogP contribution in [0.1, 0.15) is 36.1 Å². The summed E-state index contributed by atoms with van der Waals surface area (Å²) >= 11 is 0. The molecular formula is C31H32F2N4O4. The molecule has 0 saturated carbocycles. The van der Waals surface area contributed by atoms with Gasteiger partial charge in [-0.05, 0) is 42.7 Å². The molecular weight excluding hydrogens is 530 g/mol. The monoisotopic (exact) mass is 562 g/mol. The number of phenolic OH excluding ortho intramolecular Hbond substituents is 1. The fraction of sp³-hybridized carbons (Fsp3) is 0.323. The highest BCUT2D eigenvalue weighted by Crippen LogP contribution is 2.34. The third-order valence-corrected chi connectivity index (χ3v) is 7.86. The van der Waals surface area contributed by atoms with Crippen LogP contribution in [0, 0.1) is 11.6 Å². The zero-order chi connectivity index (χ0) is 29.3. The van der Waals surface area contributed by atoms with Crippen LogP contribution in [0.15, 0.2) is 72.8 Å². The number of benzene rings is 3. The summed E-state index contributed by atoms with van der Waals surface area (Å²) in [5, 5.41) is 12.8. The van der Waals surface area contributed by atoms with E-state index in [2.05, 4.69) is 0 Å². The van der Waals surface area contributed by atoms with E-state index in [4.69, 9.17) is 0 Å². The molecule has 3 atom stereocenters. The lowest BCUT2D eigenvalue weighted by molar-refractivity contribution is -0.204. The molecule has 1 N–H and O–H groups in total. The number of hydrogen-bond acceptors (Lipinski definition) is 5. The molecule has 2 saturated heterocycles. The second-order valence-electron chi connectivity index (χ2n) is 10.5. The first kappa shape index (κ1) is 28.2. The number of nitrogens with zero attached hydrogens (tertiary/aromatic N) is 4. The Morgan fingerprint density at radius 1 is 1.00 bits per heavy atom. The minimum absolute atomic E-state index is 0.0456. The predicted molar refractivity (Wildman–Crippen MR) is 147 cm³/mol. The highest BCUT2D eigenvalue weighted by Gasteiger charge is 2.51. The van der Waals surface area contributed by atoms with Crippen molar-refractivity contribution in [2.75, 3.05) is 20.1 Å². The van der Waals surface area contributed by atoms with Gasteiger partial charge < -0.3 is 14.9 Å². The van der Waals surface area contributed by atoms with Gasteiger partial charge in [-0.15, -0.1) is 0 Å². The van der Waals surface area contributed by atoms with Gasteiger partial charge in [0.15, 0.2) is 0 Å². The number of phenols is 1. The number of rotatable bonds is 7. The summed E-state index contributed by atoms with van der Waals surface area (Å²) in [6, 6.07) is 17.4. The van der Waals surface area contributed by atoms with E-state index in [9.17, 15) is 28.3 Å². The Balaban J connectivity index is 1.50. The van der Waals surface area contributed by atoms with Gasteiger partial charge in [-0.2, -0.15) is 0 Å². The van der Waals surface area contributed by atoms with Crippen LogP contribution in [0.3, 0.4) is 0 Å². The van der Waals surface area contributed by atoms with Gasteiger partial charge in [0, 0.05) is 31.5 Å². The molecule has 2 aliphatic rings. The number of aromatic hydroxyl groups is 1. The molecule has 214 valence electrons. The van der Waals surface area contributed by atoms with Gasteiger partial charge in [0.1, 0.15) is 29.6 Å². The maximum absolute atomic E-state index is 14.8. The fourth-order valence-electron chi connectivity index (χ4n) is 5.75. The number of carbonyl (C=O) groups excluding carboxylic acids is 3. The fourth-order valence-corrected chi connectivity index (χ4v) is 5.75. The average Bonchev–Trinajstić information content (AvgIpc) is 2.94. The zero-order valence-electron chi connectivity index (χ0n) is 22.9. The summed E-state index contributed by atoms with van der Waals surface area (Å²) in [7, 11) is 1.66. The molecule has 0 aliphatic carbocycles. The van der Waals surface area contributed by atoms with E-state index in [1.54, 1.807) is 31.1 Å². The van der Waals surface area contributed by atoms with Crippen molar-refractivity contribution in [3.8, 4) is 5.75 Å². The third-order valence-electron chi connectivity index (χ3n) is 7.86. The Morgan fingerprint density at radius 2 is 1.71 bits per heavy atom. The second kappa shape index (κ2) is 11.7. The molecule has 2 fully saturated rings. The van der Waals surface area contributed by atoms with Gasteiger partial charge in [0.2, 0.25) is 17.7 Å². The summed E-state index contributed by atoms with van der Waals surface area (Å²) < 4.78 is 28.5. The van der Waals surface area contributed by atoms with Crippen molar-refractivity contribution in [2.45, 2.75) is 44.4 Å². The molecule has 1 unspecified atom stereocenters. The van der Waals surface area contributed by atoms with Crippen molar-refractivity contribution in [2.24, 2.45) is 0 Å². The van der Waals surface area contributed by atoms with Gasteiger partial charge in [-0.1, -0.05) is 48.5 Å². The predicted octanol–water partition coefficient (Wildman–Crippen LogP) is 3.66. The second-order valence-corrected chi connectivity index (χ2v) is 10.5. The van der Waals surface area contributed by atoms with Crippen LogP contribution >= 0.6 is 0 Å². The smallest absolute Gasteiger partial charge is 0.246 e. The zero-order valence-corrected chi connectivity index (χ0v) is 22.9. The van der Waals surface area contributed by atoms with E-state index in [0.29, 0.717) is 12.0 Å². The molecule has 0 aromatic heterocycles. The molecule has 3 aromatic rings. The maximum Gasteiger partial charge on any atom is 0.246 e. The van der Waals surface area contributed by atoms with Crippen LogP contribution in [0.4, 0.5) is 8.78 Å². The number of hydrazine groups is 1. The highest BCUT2D eigenvalue weighted by atomic mass is 19.1. The summed E-state index contributed by atoms with van der Waals surface area (Å²) in [6.07, 6.45) is -0.00506. The number of hydrogen-bond donors (Lipinski definition) is 1. The number of likely N-dealkylation sites (N-methyl/N-ethyl adjacent to an activating group) is 1. The molecule has 5 rings (SSSR count). The van der Waals surface area contributed by atoms with Crippen molar-refractivity contribution < 1.29 is 28.3 Å². The average molecular weight is 563 g/mol. The molecule has 2 heterocycles. The molecule has 3 amide bonds. The quantitative estimate of drug-likeness (QED) is 0.475. The van der Waals surface area contributed by atoms with Crippen LogP contribution < -0.4 is 0 Å². The molecule has 0 radical (unpaired) electrons. The first-order valence-corrected chi connectivity index (χ1v) is 13.6. The first-order valence-electron chi connectivity index (χ1n) is 13.6. The number of piperazine rings is 1. The van der Waals surface area contributed by atoms with Crippen molar-refractivity contribution >= 4 is 17.7 Å². The minimum atomic E-state index is -0.977. The van der Waals surface area contributed by atoms with Crippen LogP contribution in [-0.2, 0) is 27.2 Å². The Labute approximate surface area is 237 Å². The van der Waals surface area contributed by atoms with Gasteiger partial charge >= 0.3 is 0 Å². The summed E-state index contributed by atoms with van der Waals surface area (Å²) in [4.78, 5) is 44.1. The van der Waals surface area contributed by atoms with Crippen LogP contribution in [-0.4, -0.2) is 75.0 Å². The van der Waals surface area contributed by atoms with Gasteiger partial charge in [-0.3, -0.25) is 19.4 Å². The third kappa shape index (κ3) is 5.78. The van der Waals surface area contributed by atoms with Crippen molar-refractivity contribution in [1.29, 1.82) is 0 Å². The molecule has 3 aromatic carbocycles. The highest BCUT2D eigenvalue weighted by molar-refractivity contribution is 5.92. The lowest BCUT2D eigenvalue weighted by Crippen LogP contribution is -2.75. The van der Waals surface area contributed by atoms with Crippen molar-refractivity contribution in [3.63, 3.8) is 0 Å². The minimum Gasteiger partial charge on any atom is -0.508 e. The lowest BCUT2D eigenvalue weighted by Gasteiger charge is -2.55. The Hall–Kier alpha value is -4.31. The number of carbonyl (C=O) groups is 3. The van der Waals surface area contributed by atoms with E-state index < -0.39 is 35.8 Å². The maximum atomic E-state index is 14.8. The van der Waals surface area contributed by atoms with Crippen molar-refractivity contribution in [3.05, 3.63) is 101 Å². The Morgan fingerprint density at radius 3 is 2.39 bits per heavy atom. The van der Waals surface area contributed by atoms with E-state index in [1.807, 2.05) is 30.3 Å². The summed E-state index contributed by atoms with van der Waals surface area (Å²) in [5.41, 5.74) is 1.84. The van der Waals surface area contributed by atoms with Crippen LogP contribution in [0.5, 0.6) is 5.75 Å². The van der Waals surface area contributed by atoms with Gasteiger partial charge in [0.25, 0.3) is 0 Å². The Bertz CT molecular complexity index is 1440. The molecule has 0 spiro atoms. The molecule has 10 heteroatoms. The number of amides is 3. The van der Waals surface area contributed by atoms with E-state index in [0.717, 1.165) is 17.7 Å². The number of fused-ring (bicyclic) bond motifs is 1. The number of aryl methyl sites for hydroxylation is 1. The van der Waals surface area contributed by atoms with Gasteiger partial charge in [-0.25, -0.2) is 13.8 Å². The Kier molecular flexibility index (Phi) is 8.03. The van der Waals surface area contributed by atoms with Crippen LogP contribution in [0.2, 0.25) is 0 Å². The summed E-state index contributed by atoms with van der Waals surface area (Å²) in [5.74, 6) is -2.36. The van der Waals surface area contributed by atoms with E-state index in [-0.39, 0.29) is 49.1 Å². The number of halogens is 2. The summed E-state index contributed by atoms with van der Waals surface area (Å²) in [6.45, 7) is 1.52. The molecule has 2 aliphatic heterocycles. The topological polar surface area (TPSA) is 84.4 Å². The van der Waals surface area contributed by atoms with Crippen LogP contribution in [0.25, 0.3) is 0 Å². The lowest BCUT2D eigenvalue weighted by atomic mass is 9.96. The normalized spacial score (nSPS) is 20.2.